The number of nitrogens with two attached hydrogens (primary N) is 1. The highest BCUT2D eigenvalue weighted by molar-refractivity contribution is 7.93. The quantitative estimate of drug-likeness (QED) is 0.847. The van der Waals surface area contributed by atoms with Crippen LogP contribution < -0.4 is 10.5 Å². The molecule has 0 saturated heterocycles. The number of nitrogen functional groups attached to an aromatic ring is 1. The minimum atomic E-state index is -4.00. The maximum Gasteiger partial charge on any atom is 0.309 e. The topological polar surface area (TPSA) is 98.2 Å². The molecule has 3 N–H and O–H groups in total. The van der Waals surface area contributed by atoms with Gasteiger partial charge in [-0.15, -0.1) is 0 Å². The van der Waals surface area contributed by atoms with E-state index in [0.29, 0.717) is 5.69 Å². The number of aryl methyl sites for hydroxylation is 1. The summed E-state index contributed by atoms with van der Waals surface area (Å²) in [5.41, 5.74) is 6.31. The molecular weight excluding hydrogens is 313 g/mol. The predicted octanol–water partition coefficient (Wildman–Crippen LogP) is 2.67. The van der Waals surface area contributed by atoms with Gasteiger partial charge in [-0.05, 0) is 19.1 Å². The monoisotopic (exact) mass is 321 g/mol. The largest absolute Gasteiger partial charge is 0.431 e. The van der Waals surface area contributed by atoms with Gasteiger partial charge >= 0.3 is 6.01 Å². The average Bonchev–Trinajstić information content (AvgIpc) is 2.60. The fraction of sp³-hybridized carbons (Fsp3) is 0.100. The van der Waals surface area contributed by atoms with Crippen molar-refractivity contribution in [2.75, 3.05) is 10.5 Å². The van der Waals surface area contributed by atoms with Crippen molar-refractivity contribution in [2.45, 2.75) is 11.8 Å². The second kappa shape index (κ2) is 4.92. The van der Waals surface area contributed by atoms with E-state index in [0.717, 1.165) is 0 Å². The first kappa shape index (κ1) is 14.0. The SMILES string of the molecule is Cc1coc(NS(=O)(=O)c2c(Cl)cc(N)cc2Cl)n1. The van der Waals surface area contributed by atoms with Gasteiger partial charge in [-0.2, -0.15) is 4.98 Å². The van der Waals surface area contributed by atoms with Crippen molar-refractivity contribution >= 4 is 44.9 Å². The maximum atomic E-state index is 12.1. The van der Waals surface area contributed by atoms with Gasteiger partial charge in [-0.3, -0.25) is 0 Å². The molecule has 1 aromatic heterocycles. The summed E-state index contributed by atoms with van der Waals surface area (Å²) < 4.78 is 31.3. The van der Waals surface area contributed by atoms with Crippen LogP contribution in [0.2, 0.25) is 10.0 Å². The van der Waals surface area contributed by atoms with Crippen LogP contribution >= 0.6 is 23.2 Å². The summed E-state index contributed by atoms with van der Waals surface area (Å²) in [7, 11) is -4.00. The van der Waals surface area contributed by atoms with E-state index >= 15 is 0 Å². The lowest BCUT2D eigenvalue weighted by atomic mass is 10.3. The zero-order chi connectivity index (χ0) is 14.2. The predicted molar refractivity (Wildman–Crippen MR) is 72.9 cm³/mol. The molecular formula is C10H9Cl2N3O3S. The Kier molecular flexibility index (Phi) is 3.62. The van der Waals surface area contributed by atoms with Crippen LogP contribution in [-0.4, -0.2) is 13.4 Å². The van der Waals surface area contributed by atoms with Crippen molar-refractivity contribution in [3.63, 3.8) is 0 Å². The molecule has 9 heteroatoms. The standard InChI is InChI=1S/C10H9Cl2N3O3S/c1-5-4-18-10(14-5)15-19(16,17)9-7(11)2-6(13)3-8(9)12/h2-4H,13H2,1H3,(H,14,15). The molecule has 0 amide bonds. The van der Waals surface area contributed by atoms with Crippen molar-refractivity contribution in [2.24, 2.45) is 0 Å². The van der Waals surface area contributed by atoms with Crippen LogP contribution in [0.3, 0.4) is 0 Å². The summed E-state index contributed by atoms with van der Waals surface area (Å²) >= 11 is 11.7. The molecule has 0 fully saturated rings. The molecule has 0 aliphatic heterocycles. The highest BCUT2D eigenvalue weighted by atomic mass is 35.5. The number of hydrogen-bond acceptors (Lipinski definition) is 5. The zero-order valence-electron chi connectivity index (χ0n) is 9.65. The highest BCUT2D eigenvalue weighted by Gasteiger charge is 2.24. The Morgan fingerprint density at radius 1 is 1.32 bits per heavy atom. The third kappa shape index (κ3) is 2.94. The molecule has 0 saturated carbocycles. The van der Waals surface area contributed by atoms with Crippen LogP contribution in [0.15, 0.2) is 27.7 Å². The van der Waals surface area contributed by atoms with Gasteiger partial charge in [0.15, 0.2) is 0 Å². The van der Waals surface area contributed by atoms with E-state index in [2.05, 4.69) is 9.71 Å². The number of aromatic nitrogens is 1. The van der Waals surface area contributed by atoms with Gasteiger partial charge in [-0.25, -0.2) is 13.1 Å². The van der Waals surface area contributed by atoms with Gasteiger partial charge in [-0.1, -0.05) is 23.2 Å². The normalized spacial score (nSPS) is 11.5. The zero-order valence-corrected chi connectivity index (χ0v) is 12.0. The number of rotatable bonds is 3. The second-order valence-corrected chi connectivity index (χ2v) is 6.15. The maximum absolute atomic E-state index is 12.1. The average molecular weight is 322 g/mol. The number of anilines is 2. The van der Waals surface area contributed by atoms with Gasteiger partial charge in [0.1, 0.15) is 11.2 Å². The fourth-order valence-electron chi connectivity index (χ4n) is 1.40. The Balaban J connectivity index is 2.45. The Hall–Kier alpha value is -1.44. The Morgan fingerprint density at radius 3 is 2.37 bits per heavy atom. The third-order valence-electron chi connectivity index (χ3n) is 2.13. The van der Waals surface area contributed by atoms with Crippen LogP contribution in [0, 0.1) is 6.92 Å². The summed E-state index contributed by atoms with van der Waals surface area (Å²) in [6, 6.07) is 2.42. The van der Waals surface area contributed by atoms with E-state index in [9.17, 15) is 8.42 Å². The summed E-state index contributed by atoms with van der Waals surface area (Å²) in [6.07, 6.45) is 1.31. The Labute approximate surface area is 119 Å². The molecule has 19 heavy (non-hydrogen) atoms. The molecule has 102 valence electrons. The first-order chi connectivity index (χ1) is 8.79. The van der Waals surface area contributed by atoms with Crippen LogP contribution in [0.1, 0.15) is 5.69 Å². The number of hydrogen-bond donors (Lipinski definition) is 2. The lowest BCUT2D eigenvalue weighted by Gasteiger charge is -2.09. The van der Waals surface area contributed by atoms with Crippen molar-refractivity contribution in [3.05, 3.63) is 34.1 Å². The molecule has 6 nitrogen and oxygen atoms in total. The number of benzene rings is 1. The van der Waals surface area contributed by atoms with E-state index < -0.39 is 10.0 Å². The molecule has 0 aliphatic rings. The number of oxazole rings is 1. The first-order valence-corrected chi connectivity index (χ1v) is 7.23. The second-order valence-electron chi connectivity index (χ2n) is 3.71. The Bertz CT molecular complexity index is 704. The number of halogens is 2. The molecule has 0 unspecified atom stereocenters. The van der Waals surface area contributed by atoms with E-state index in [-0.39, 0.29) is 26.6 Å². The lowest BCUT2D eigenvalue weighted by molar-refractivity contribution is 0.569. The van der Waals surface area contributed by atoms with Gasteiger partial charge in [0, 0.05) is 5.69 Å². The number of sulfonamides is 1. The first-order valence-electron chi connectivity index (χ1n) is 4.99. The molecule has 1 aromatic carbocycles. The van der Waals surface area contributed by atoms with Crippen LogP contribution in [0.4, 0.5) is 11.7 Å². The van der Waals surface area contributed by atoms with Crippen molar-refractivity contribution in [1.29, 1.82) is 0 Å². The minimum Gasteiger partial charge on any atom is -0.431 e. The molecule has 0 atom stereocenters. The summed E-state index contributed by atoms with van der Waals surface area (Å²) in [5.74, 6) is 0. The molecule has 0 aliphatic carbocycles. The summed E-state index contributed by atoms with van der Waals surface area (Å²) in [6.45, 7) is 1.66. The Morgan fingerprint density at radius 2 is 1.89 bits per heavy atom. The van der Waals surface area contributed by atoms with Crippen LogP contribution in [0.5, 0.6) is 0 Å². The summed E-state index contributed by atoms with van der Waals surface area (Å²) in [4.78, 5) is 3.55. The van der Waals surface area contributed by atoms with Gasteiger partial charge < -0.3 is 10.2 Å². The number of nitrogens with one attached hydrogen (secondary N) is 1. The van der Waals surface area contributed by atoms with Crippen molar-refractivity contribution in [1.82, 2.24) is 4.98 Å². The molecule has 2 rings (SSSR count). The van der Waals surface area contributed by atoms with E-state index in [1.165, 1.54) is 18.4 Å². The van der Waals surface area contributed by atoms with Gasteiger partial charge in [0.2, 0.25) is 0 Å². The molecule has 0 bridgehead atoms. The lowest BCUT2D eigenvalue weighted by Crippen LogP contribution is -2.14. The number of nitrogens with zero attached hydrogens (tertiary/aromatic N) is 1. The smallest absolute Gasteiger partial charge is 0.309 e. The third-order valence-corrected chi connectivity index (χ3v) is 4.37. The van der Waals surface area contributed by atoms with Crippen LogP contribution in [0.25, 0.3) is 0 Å². The van der Waals surface area contributed by atoms with E-state index in [1.54, 1.807) is 6.92 Å². The molecule has 2 aromatic rings. The van der Waals surface area contributed by atoms with Gasteiger partial charge in [0.25, 0.3) is 10.0 Å². The fourth-order valence-corrected chi connectivity index (χ4v) is 3.57. The summed E-state index contributed by atoms with van der Waals surface area (Å²) in [5, 5.41) is -0.165. The molecule has 0 radical (unpaired) electrons. The molecule has 0 spiro atoms. The minimum absolute atomic E-state index is 0.0826. The van der Waals surface area contributed by atoms with Crippen molar-refractivity contribution < 1.29 is 12.8 Å². The van der Waals surface area contributed by atoms with Crippen LogP contribution in [-0.2, 0) is 10.0 Å². The van der Waals surface area contributed by atoms with Gasteiger partial charge in [0.05, 0.1) is 15.7 Å². The van der Waals surface area contributed by atoms with Crippen molar-refractivity contribution in [3.8, 4) is 0 Å². The van der Waals surface area contributed by atoms with E-state index in [1.807, 2.05) is 0 Å². The highest BCUT2D eigenvalue weighted by Crippen LogP contribution is 2.32. The van der Waals surface area contributed by atoms with E-state index in [4.69, 9.17) is 33.4 Å². The molecule has 1 heterocycles.